The first-order valence-electron chi connectivity index (χ1n) is 15.1. The Hall–Kier alpha value is -5.49. The average molecular weight is 576 g/mol. The lowest BCUT2D eigenvalue weighted by molar-refractivity contribution is -0.820. The first kappa shape index (κ1) is 26.2. The van der Waals surface area contributed by atoms with Crippen LogP contribution in [0.3, 0.4) is 0 Å². The van der Waals surface area contributed by atoms with E-state index in [1.54, 1.807) is 0 Å². The molecule has 8 heterocycles. The summed E-state index contributed by atoms with van der Waals surface area (Å²) >= 11 is 0. The van der Waals surface area contributed by atoms with E-state index in [4.69, 9.17) is 0 Å². The Morgan fingerprint density at radius 3 is 1.80 bits per heavy atom. The maximum Gasteiger partial charge on any atom is 0.281 e. The van der Waals surface area contributed by atoms with Crippen molar-refractivity contribution in [1.29, 1.82) is 0 Å². The van der Waals surface area contributed by atoms with E-state index in [9.17, 15) is 0 Å². The number of fused-ring (bicyclic) bond motifs is 10. The van der Waals surface area contributed by atoms with Crippen molar-refractivity contribution >= 4 is 22.8 Å². The molecule has 0 bridgehead atoms. The van der Waals surface area contributed by atoms with Crippen LogP contribution >= 0.6 is 0 Å². The van der Waals surface area contributed by atoms with Gasteiger partial charge in [0, 0.05) is 82.2 Å². The molecule has 1 spiro atoms. The third-order valence-corrected chi connectivity index (χ3v) is 9.20. The number of allylic oxidation sites excluding steroid dienone is 12. The molecule has 0 saturated carbocycles. The van der Waals surface area contributed by atoms with Crippen LogP contribution in [-0.4, -0.2) is 35.8 Å². The fourth-order valence-corrected chi connectivity index (χ4v) is 7.36. The molecule has 0 aromatic carbocycles. The zero-order chi connectivity index (χ0) is 29.8. The summed E-state index contributed by atoms with van der Waals surface area (Å²) < 4.78 is 7.30. The van der Waals surface area contributed by atoms with Gasteiger partial charge in [0.05, 0.1) is 11.1 Å². The van der Waals surface area contributed by atoms with E-state index in [0.29, 0.717) is 6.54 Å². The predicted octanol–water partition coefficient (Wildman–Crippen LogP) is 4.77. The Balaban J connectivity index is 1.64. The quantitative estimate of drug-likeness (QED) is 0.361. The van der Waals surface area contributed by atoms with E-state index in [1.807, 2.05) is 0 Å². The van der Waals surface area contributed by atoms with E-state index >= 15 is 0 Å². The Labute approximate surface area is 258 Å². The zero-order valence-corrected chi connectivity index (χ0v) is 25.2. The van der Waals surface area contributed by atoms with Crippen molar-refractivity contribution in [2.75, 3.05) is 21.1 Å². The van der Waals surface area contributed by atoms with Crippen molar-refractivity contribution in [3.63, 3.8) is 0 Å². The van der Waals surface area contributed by atoms with Gasteiger partial charge in [-0.15, -0.1) is 0 Å². The molecule has 0 aliphatic carbocycles. The smallest absolute Gasteiger partial charge is 0.281 e. The fraction of sp³-hybridized carbons (Fsp3) is 0.132. The molecule has 0 saturated heterocycles. The molecule has 1 atom stereocenters. The molecule has 8 rings (SSSR count). The Kier molecular flexibility index (Phi) is 5.98. The van der Waals surface area contributed by atoms with Gasteiger partial charge in [-0.25, -0.2) is 0 Å². The molecule has 0 N–H and O–H groups in total. The molecule has 5 aliphatic rings. The normalized spacial score (nSPS) is 21.5. The van der Waals surface area contributed by atoms with E-state index in [0.717, 1.165) is 28.5 Å². The maximum absolute atomic E-state index is 2.53. The summed E-state index contributed by atoms with van der Waals surface area (Å²) in [6.45, 7) is 0.712. The molecule has 3 aromatic rings. The molecule has 3 aromatic heterocycles. The molecule has 6 nitrogen and oxygen atoms in total. The van der Waals surface area contributed by atoms with Gasteiger partial charge in [-0.05, 0) is 48.6 Å². The summed E-state index contributed by atoms with van der Waals surface area (Å²) in [7, 11) is 6.48. The van der Waals surface area contributed by atoms with Gasteiger partial charge in [0.1, 0.15) is 11.4 Å². The van der Waals surface area contributed by atoms with Crippen LogP contribution in [0, 0.1) is 0 Å². The van der Waals surface area contributed by atoms with Gasteiger partial charge in [0.25, 0.3) is 5.54 Å². The molecule has 0 amide bonds. The largest absolute Gasteiger partial charge is 0.345 e. The third-order valence-electron chi connectivity index (χ3n) is 9.20. The van der Waals surface area contributed by atoms with Crippen LogP contribution in [0.25, 0.3) is 22.8 Å². The standard InChI is InChI=1S/C38H35N6/c1-39-22-10-4-16-29-35(39)31-18-7-13-25-42(31)28-38(29)30-17-5-11-23-40(2)36(30)32-19-8-14-26-43(32)33-20-6-12-24-41(3)37(33)34-21-9-15-27-44(34)38/h4-27H,28H2,1-3H3/q+3. The number of pyridine rings is 3. The predicted molar refractivity (Wildman–Crippen MR) is 173 cm³/mol. The maximum atomic E-state index is 2.53. The fourth-order valence-electron chi connectivity index (χ4n) is 7.36. The van der Waals surface area contributed by atoms with Crippen molar-refractivity contribution < 1.29 is 13.7 Å². The first-order valence-corrected chi connectivity index (χ1v) is 15.1. The summed E-state index contributed by atoms with van der Waals surface area (Å²) in [5, 5.41) is 0. The van der Waals surface area contributed by atoms with Crippen LogP contribution in [0.1, 0.15) is 17.1 Å². The van der Waals surface area contributed by atoms with Crippen molar-refractivity contribution in [1.82, 2.24) is 14.7 Å². The minimum Gasteiger partial charge on any atom is -0.345 e. The molecule has 0 fully saturated rings. The van der Waals surface area contributed by atoms with Gasteiger partial charge < -0.3 is 14.7 Å². The van der Waals surface area contributed by atoms with Gasteiger partial charge in [-0.2, -0.15) is 13.7 Å². The zero-order valence-electron chi connectivity index (χ0n) is 25.2. The average Bonchev–Trinajstić information content (AvgIpc) is 3.45. The molecular formula is C38H35N6+3. The van der Waals surface area contributed by atoms with Gasteiger partial charge in [0.15, 0.2) is 24.3 Å². The minimum absolute atomic E-state index is 0.634. The number of nitrogens with zero attached hydrogens (tertiary/aromatic N) is 6. The van der Waals surface area contributed by atoms with E-state index in [2.05, 4.69) is 196 Å². The van der Waals surface area contributed by atoms with Crippen molar-refractivity contribution in [3.8, 4) is 0 Å². The van der Waals surface area contributed by atoms with Gasteiger partial charge >= 0.3 is 0 Å². The Morgan fingerprint density at radius 1 is 0.545 bits per heavy atom. The third kappa shape index (κ3) is 3.70. The van der Waals surface area contributed by atoms with Crippen molar-refractivity contribution in [2.24, 2.45) is 0 Å². The number of aromatic nitrogens is 3. The number of rotatable bonds is 0. The summed E-state index contributed by atoms with van der Waals surface area (Å²) in [5.74, 6) is 0. The van der Waals surface area contributed by atoms with E-state index in [-0.39, 0.29) is 0 Å². The second kappa shape index (κ2) is 10.1. The second-order valence-corrected chi connectivity index (χ2v) is 11.7. The van der Waals surface area contributed by atoms with Crippen molar-refractivity contribution in [3.05, 3.63) is 175 Å². The molecule has 5 aliphatic heterocycles. The van der Waals surface area contributed by atoms with E-state index < -0.39 is 5.54 Å². The van der Waals surface area contributed by atoms with Crippen molar-refractivity contribution in [2.45, 2.75) is 12.1 Å². The highest BCUT2D eigenvalue weighted by Gasteiger charge is 2.59. The molecule has 6 heteroatoms. The van der Waals surface area contributed by atoms with Crippen LogP contribution < -0.4 is 13.7 Å². The van der Waals surface area contributed by atoms with E-state index in [1.165, 1.54) is 22.5 Å². The summed E-state index contributed by atoms with van der Waals surface area (Å²) in [5.41, 5.74) is 9.85. The minimum atomic E-state index is -0.634. The summed E-state index contributed by atoms with van der Waals surface area (Å²) in [6, 6.07) is 19.6. The molecule has 1 unspecified atom stereocenters. The highest BCUT2D eigenvalue weighted by molar-refractivity contribution is 5.83. The first-order chi connectivity index (χ1) is 21.6. The monoisotopic (exact) mass is 575 g/mol. The highest BCUT2D eigenvalue weighted by Crippen LogP contribution is 2.46. The van der Waals surface area contributed by atoms with Crippen LogP contribution in [0.5, 0.6) is 0 Å². The Bertz CT molecular complexity index is 2000. The van der Waals surface area contributed by atoms with Crippen LogP contribution in [-0.2, 0) is 12.1 Å². The SMILES string of the molecule is CN1C=CC=CC2=C1c1cccc[n+]1CC21C2=C(c3cccc[n+]3C3=C(c4cccc[n+]41)N(C)C=CC=C3)N(C)C=CC=C2. The topological polar surface area (TPSA) is 21.4 Å². The molecule has 214 valence electrons. The van der Waals surface area contributed by atoms with Gasteiger partial charge in [-0.3, -0.25) is 0 Å². The van der Waals surface area contributed by atoms with Crippen LogP contribution in [0.4, 0.5) is 0 Å². The lowest BCUT2D eigenvalue weighted by atomic mass is 9.75. The summed E-state index contributed by atoms with van der Waals surface area (Å²) in [6.07, 6.45) is 33.0. The van der Waals surface area contributed by atoms with Crippen LogP contribution in [0.2, 0.25) is 0 Å². The van der Waals surface area contributed by atoms with Crippen LogP contribution in [0.15, 0.2) is 158 Å². The summed E-state index contributed by atoms with van der Waals surface area (Å²) in [4.78, 5) is 6.81. The number of hydrogen-bond donors (Lipinski definition) is 0. The lowest BCUT2D eigenvalue weighted by Gasteiger charge is -2.36. The molecule has 0 radical (unpaired) electrons. The number of hydrogen-bond acceptors (Lipinski definition) is 3. The Morgan fingerprint density at radius 2 is 1.09 bits per heavy atom. The molecule has 44 heavy (non-hydrogen) atoms. The highest BCUT2D eigenvalue weighted by atomic mass is 15.2. The van der Waals surface area contributed by atoms with Gasteiger partial charge in [-0.1, -0.05) is 18.2 Å². The van der Waals surface area contributed by atoms with Gasteiger partial charge in [0.2, 0.25) is 29.3 Å². The molecular weight excluding hydrogens is 540 g/mol. The lowest BCUT2D eigenvalue weighted by Crippen LogP contribution is -2.69. The second-order valence-electron chi connectivity index (χ2n) is 11.7.